The lowest BCUT2D eigenvalue weighted by Crippen LogP contribution is -2.19. The number of rotatable bonds is 9. The molecule has 0 spiro atoms. The third-order valence-corrected chi connectivity index (χ3v) is 6.42. The Morgan fingerprint density at radius 2 is 1.30 bits per heavy atom. The molecular weight excluding hydrogens is 498 g/mol. The first-order valence-corrected chi connectivity index (χ1v) is 13.1. The molecule has 0 bridgehead atoms. The number of amides is 2. The van der Waals surface area contributed by atoms with Gasteiger partial charge in [0.05, 0.1) is 11.3 Å². The third-order valence-electron chi connectivity index (χ3n) is 6.42. The molecule has 5 aromatic rings. The Bertz CT molecular complexity index is 1580. The zero-order valence-electron chi connectivity index (χ0n) is 22.2. The lowest BCUT2D eigenvalue weighted by atomic mass is 10.00. The normalized spacial score (nSPS) is 11.2. The topological polar surface area (TPSA) is 105 Å². The minimum atomic E-state index is -0.292. The van der Waals surface area contributed by atoms with Gasteiger partial charge in [-0.05, 0) is 41.8 Å². The highest BCUT2D eigenvalue weighted by atomic mass is 16.3. The van der Waals surface area contributed by atoms with E-state index in [0.29, 0.717) is 30.2 Å². The molecule has 5 N–H and O–H groups in total. The summed E-state index contributed by atoms with van der Waals surface area (Å²) in [6.45, 7) is 0.484. The Labute approximate surface area is 233 Å². The molecule has 1 aromatic heterocycles. The molecule has 200 valence electrons. The van der Waals surface area contributed by atoms with Crippen molar-refractivity contribution in [1.82, 2.24) is 0 Å². The molecule has 0 aliphatic carbocycles. The van der Waals surface area contributed by atoms with Crippen molar-refractivity contribution in [3.8, 4) is 22.5 Å². The smallest absolute Gasteiger partial charge is 0.323 e. The van der Waals surface area contributed by atoms with E-state index in [9.17, 15) is 4.79 Å². The first kappa shape index (κ1) is 26.3. The molecule has 0 saturated carbocycles. The Morgan fingerprint density at radius 3 is 1.90 bits per heavy atom. The quantitative estimate of drug-likeness (QED) is 0.119. The zero-order valence-corrected chi connectivity index (χ0v) is 22.2. The fourth-order valence-electron chi connectivity index (χ4n) is 4.47. The van der Waals surface area contributed by atoms with E-state index >= 15 is 0 Å². The summed E-state index contributed by atoms with van der Waals surface area (Å²) >= 11 is 0. The SMILES string of the molecule is CNc1c(C(N)=NCCc2ccc(NC(=O)Nc3ccccc3)cc2)oc(-c2ccccc2)c1-c1ccccc1. The Morgan fingerprint density at radius 1 is 0.750 bits per heavy atom. The van der Waals surface area contributed by atoms with E-state index in [1.807, 2.05) is 110 Å². The standard InChI is InChI=1S/C33H31N5O2/c1-35-29-28(24-11-5-2-6-12-24)30(25-13-7-3-8-14-25)40-31(29)32(34)36-22-21-23-17-19-27(20-18-23)38-33(39)37-26-15-9-4-10-16-26/h2-20,35H,21-22H2,1H3,(H2,34,36)(H2,37,38,39). The van der Waals surface area contributed by atoms with Crippen molar-refractivity contribution in [3.63, 3.8) is 0 Å². The maximum Gasteiger partial charge on any atom is 0.323 e. The molecule has 0 aliphatic rings. The molecule has 4 aromatic carbocycles. The molecule has 0 unspecified atom stereocenters. The van der Waals surface area contributed by atoms with Gasteiger partial charge in [0, 0.05) is 30.5 Å². The van der Waals surface area contributed by atoms with Gasteiger partial charge in [-0.25, -0.2) is 4.79 Å². The number of aliphatic imine (C=N–C) groups is 1. The van der Waals surface area contributed by atoms with Gasteiger partial charge >= 0.3 is 6.03 Å². The second-order valence-electron chi connectivity index (χ2n) is 9.15. The van der Waals surface area contributed by atoms with Crippen LogP contribution in [0.25, 0.3) is 22.5 Å². The van der Waals surface area contributed by atoms with E-state index in [0.717, 1.165) is 39.4 Å². The van der Waals surface area contributed by atoms with Gasteiger partial charge in [-0.15, -0.1) is 0 Å². The molecule has 1 heterocycles. The largest absolute Gasteiger partial charge is 0.450 e. The van der Waals surface area contributed by atoms with Crippen LogP contribution in [0.4, 0.5) is 21.9 Å². The third kappa shape index (κ3) is 6.22. The summed E-state index contributed by atoms with van der Waals surface area (Å²) in [4.78, 5) is 16.9. The summed E-state index contributed by atoms with van der Waals surface area (Å²) in [6.07, 6.45) is 0.684. The highest BCUT2D eigenvalue weighted by Crippen LogP contribution is 2.42. The van der Waals surface area contributed by atoms with Crippen molar-refractivity contribution in [1.29, 1.82) is 0 Å². The highest BCUT2D eigenvalue weighted by molar-refractivity contribution is 6.06. The number of hydrogen-bond acceptors (Lipinski definition) is 4. The summed E-state index contributed by atoms with van der Waals surface area (Å²) in [7, 11) is 1.86. The number of carbonyl (C=O) groups excluding carboxylic acids is 1. The van der Waals surface area contributed by atoms with E-state index in [2.05, 4.69) is 33.1 Å². The van der Waals surface area contributed by atoms with Crippen molar-refractivity contribution in [3.05, 3.63) is 127 Å². The number of benzene rings is 4. The molecule has 0 aliphatic heterocycles. The second kappa shape index (κ2) is 12.5. The minimum Gasteiger partial charge on any atom is -0.450 e. The van der Waals surface area contributed by atoms with E-state index in [-0.39, 0.29) is 6.03 Å². The molecule has 2 amide bonds. The van der Waals surface area contributed by atoms with Crippen LogP contribution in [-0.4, -0.2) is 25.5 Å². The molecule has 40 heavy (non-hydrogen) atoms. The van der Waals surface area contributed by atoms with Gasteiger partial charge in [-0.2, -0.15) is 0 Å². The molecule has 0 atom stereocenters. The van der Waals surface area contributed by atoms with Gasteiger partial charge in [0.2, 0.25) is 0 Å². The van der Waals surface area contributed by atoms with Gasteiger partial charge in [0.15, 0.2) is 11.6 Å². The van der Waals surface area contributed by atoms with Gasteiger partial charge < -0.3 is 26.1 Å². The lowest BCUT2D eigenvalue weighted by Gasteiger charge is -2.08. The summed E-state index contributed by atoms with van der Waals surface area (Å²) < 4.78 is 6.37. The average Bonchev–Trinajstić information content (AvgIpc) is 3.39. The Hall–Kier alpha value is -5.30. The van der Waals surface area contributed by atoms with Crippen LogP contribution in [0.15, 0.2) is 125 Å². The lowest BCUT2D eigenvalue weighted by molar-refractivity contribution is 0.262. The van der Waals surface area contributed by atoms with Crippen LogP contribution < -0.4 is 21.7 Å². The van der Waals surface area contributed by atoms with Crippen molar-refractivity contribution in [2.24, 2.45) is 10.7 Å². The van der Waals surface area contributed by atoms with Crippen LogP contribution >= 0.6 is 0 Å². The zero-order chi connectivity index (χ0) is 27.7. The van der Waals surface area contributed by atoms with Gasteiger partial charge in [0.25, 0.3) is 0 Å². The van der Waals surface area contributed by atoms with Crippen LogP contribution in [0.2, 0.25) is 0 Å². The summed E-state index contributed by atoms with van der Waals surface area (Å²) in [5.41, 5.74) is 12.7. The highest BCUT2D eigenvalue weighted by Gasteiger charge is 2.24. The van der Waals surface area contributed by atoms with Gasteiger partial charge in [-0.3, -0.25) is 4.99 Å². The first-order valence-electron chi connectivity index (χ1n) is 13.1. The monoisotopic (exact) mass is 529 g/mol. The van der Waals surface area contributed by atoms with Crippen LogP contribution in [-0.2, 0) is 6.42 Å². The Balaban J connectivity index is 1.29. The number of furan rings is 1. The first-order chi connectivity index (χ1) is 19.6. The van der Waals surface area contributed by atoms with Crippen molar-refractivity contribution >= 4 is 28.9 Å². The molecule has 0 radical (unpaired) electrons. The number of anilines is 3. The molecule has 0 fully saturated rings. The van der Waals surface area contributed by atoms with E-state index in [1.54, 1.807) is 0 Å². The molecule has 7 heteroatoms. The number of hydrogen-bond donors (Lipinski definition) is 4. The van der Waals surface area contributed by atoms with Gasteiger partial charge in [-0.1, -0.05) is 91.0 Å². The van der Waals surface area contributed by atoms with Crippen molar-refractivity contribution in [2.45, 2.75) is 6.42 Å². The van der Waals surface area contributed by atoms with Crippen LogP contribution in [0.5, 0.6) is 0 Å². The number of para-hydroxylation sites is 1. The maximum absolute atomic E-state index is 12.2. The molecule has 0 saturated heterocycles. The molecule has 5 rings (SSSR count). The number of urea groups is 1. The summed E-state index contributed by atoms with van der Waals surface area (Å²) in [5.74, 6) is 1.59. The predicted octanol–water partition coefficient (Wildman–Crippen LogP) is 7.25. The number of nitrogens with zero attached hydrogens (tertiary/aromatic N) is 1. The fraction of sp³-hybridized carbons (Fsp3) is 0.0909. The number of nitrogens with one attached hydrogen (secondary N) is 3. The van der Waals surface area contributed by atoms with E-state index in [1.165, 1.54) is 0 Å². The van der Waals surface area contributed by atoms with Crippen molar-refractivity contribution < 1.29 is 9.21 Å². The fourth-order valence-corrected chi connectivity index (χ4v) is 4.47. The number of carbonyl (C=O) groups is 1. The van der Waals surface area contributed by atoms with E-state index in [4.69, 9.17) is 10.2 Å². The number of nitrogens with two attached hydrogens (primary N) is 1. The maximum atomic E-state index is 12.2. The minimum absolute atomic E-state index is 0.292. The van der Waals surface area contributed by atoms with E-state index < -0.39 is 0 Å². The molecule has 7 nitrogen and oxygen atoms in total. The Kier molecular flexibility index (Phi) is 8.22. The van der Waals surface area contributed by atoms with Gasteiger partial charge in [0.1, 0.15) is 5.76 Å². The van der Waals surface area contributed by atoms with Crippen LogP contribution in [0, 0.1) is 0 Å². The van der Waals surface area contributed by atoms with Crippen LogP contribution in [0.3, 0.4) is 0 Å². The molecular formula is C33H31N5O2. The van der Waals surface area contributed by atoms with Crippen molar-refractivity contribution in [2.75, 3.05) is 29.5 Å². The average molecular weight is 530 g/mol. The second-order valence-corrected chi connectivity index (χ2v) is 9.15. The number of amidine groups is 1. The summed E-state index contributed by atoms with van der Waals surface area (Å²) in [6, 6.07) is 36.8. The predicted molar refractivity (Wildman–Crippen MR) is 164 cm³/mol. The van der Waals surface area contributed by atoms with Crippen LogP contribution in [0.1, 0.15) is 11.3 Å². The summed E-state index contributed by atoms with van der Waals surface area (Å²) in [5, 5.41) is 8.94.